The molecule has 0 spiro atoms. The number of hydrogen-bond acceptors (Lipinski definition) is 5. The predicted molar refractivity (Wildman–Crippen MR) is 131 cm³/mol. The molecule has 0 saturated heterocycles. The minimum atomic E-state index is -0.300. The molecule has 0 radical (unpaired) electrons. The molecule has 5 rings (SSSR count). The fraction of sp³-hybridized carbons (Fsp3) is 0.0800. The lowest BCUT2D eigenvalue weighted by atomic mass is 10.1. The molecule has 33 heavy (non-hydrogen) atoms. The van der Waals surface area contributed by atoms with Gasteiger partial charge in [0.15, 0.2) is 5.82 Å². The van der Waals surface area contributed by atoms with Gasteiger partial charge in [-0.25, -0.2) is 9.78 Å². The number of aromatic nitrogens is 3. The van der Waals surface area contributed by atoms with Gasteiger partial charge in [-0.1, -0.05) is 12.1 Å². The molecule has 8 heteroatoms. The Hall–Kier alpha value is -4.59. The molecule has 0 aliphatic carbocycles. The molecule has 2 heterocycles. The lowest BCUT2D eigenvalue weighted by Gasteiger charge is -2.11. The van der Waals surface area contributed by atoms with Crippen LogP contribution < -0.4 is 20.7 Å². The van der Waals surface area contributed by atoms with E-state index < -0.39 is 0 Å². The number of carbonyl (C=O) groups is 1. The summed E-state index contributed by atoms with van der Waals surface area (Å²) in [6.45, 7) is 1.98. The van der Waals surface area contributed by atoms with Gasteiger partial charge in [-0.2, -0.15) is 5.10 Å². The van der Waals surface area contributed by atoms with Crippen molar-refractivity contribution in [2.75, 3.05) is 23.1 Å². The Balaban J connectivity index is 1.34. The molecule has 2 aromatic heterocycles. The van der Waals surface area contributed by atoms with Crippen molar-refractivity contribution < 1.29 is 9.53 Å². The highest BCUT2D eigenvalue weighted by molar-refractivity contribution is 6.09. The van der Waals surface area contributed by atoms with Crippen LogP contribution in [0.3, 0.4) is 0 Å². The Bertz CT molecular complexity index is 1460. The summed E-state index contributed by atoms with van der Waals surface area (Å²) < 4.78 is 5.34. The number of pyridine rings is 1. The number of rotatable bonds is 5. The second-order valence-corrected chi connectivity index (χ2v) is 7.65. The van der Waals surface area contributed by atoms with Crippen molar-refractivity contribution >= 4 is 50.7 Å². The number of benzene rings is 3. The summed E-state index contributed by atoms with van der Waals surface area (Å²) in [5, 5.41) is 18.2. The number of anilines is 4. The van der Waals surface area contributed by atoms with Gasteiger partial charge in [0.1, 0.15) is 11.3 Å². The molecule has 3 aromatic carbocycles. The van der Waals surface area contributed by atoms with Crippen LogP contribution in [0.4, 0.5) is 27.7 Å². The van der Waals surface area contributed by atoms with Crippen LogP contribution in [0.5, 0.6) is 5.75 Å². The second-order valence-electron chi connectivity index (χ2n) is 7.65. The lowest BCUT2D eigenvalue weighted by Crippen LogP contribution is -2.19. The van der Waals surface area contributed by atoms with Gasteiger partial charge in [-0.05, 0) is 61.0 Å². The van der Waals surface area contributed by atoms with E-state index in [1.54, 1.807) is 13.3 Å². The molecular weight excluding hydrogens is 416 g/mol. The number of carbonyl (C=O) groups excluding carboxylic acids is 1. The first-order valence-corrected chi connectivity index (χ1v) is 10.4. The summed E-state index contributed by atoms with van der Waals surface area (Å²) in [6, 6.07) is 20.5. The fourth-order valence-corrected chi connectivity index (χ4v) is 3.69. The Morgan fingerprint density at radius 3 is 2.48 bits per heavy atom. The third kappa shape index (κ3) is 4.27. The second kappa shape index (κ2) is 8.51. The minimum Gasteiger partial charge on any atom is -0.497 e. The topological polar surface area (TPSA) is 104 Å². The lowest BCUT2D eigenvalue weighted by molar-refractivity contribution is 0.262. The van der Waals surface area contributed by atoms with E-state index in [-0.39, 0.29) is 6.03 Å². The van der Waals surface area contributed by atoms with E-state index >= 15 is 0 Å². The number of fused-ring (bicyclic) bond motifs is 3. The number of urea groups is 1. The maximum atomic E-state index is 12.3. The molecule has 8 nitrogen and oxygen atoms in total. The van der Waals surface area contributed by atoms with E-state index in [0.29, 0.717) is 11.5 Å². The molecule has 0 atom stereocenters. The summed E-state index contributed by atoms with van der Waals surface area (Å²) >= 11 is 0. The minimum absolute atomic E-state index is 0.300. The molecule has 4 N–H and O–H groups in total. The highest BCUT2D eigenvalue weighted by Gasteiger charge is 2.12. The molecule has 0 aliphatic rings. The van der Waals surface area contributed by atoms with Crippen LogP contribution in [0.15, 0.2) is 72.9 Å². The smallest absolute Gasteiger partial charge is 0.323 e. The van der Waals surface area contributed by atoms with Gasteiger partial charge in [0, 0.05) is 33.9 Å². The Labute approximate surface area is 190 Å². The number of aromatic amines is 1. The highest BCUT2D eigenvalue weighted by atomic mass is 16.5. The van der Waals surface area contributed by atoms with Crippen molar-refractivity contribution in [3.05, 3.63) is 78.5 Å². The van der Waals surface area contributed by atoms with Crippen LogP contribution in [0.25, 0.3) is 21.8 Å². The van der Waals surface area contributed by atoms with Gasteiger partial charge >= 0.3 is 6.03 Å². The average molecular weight is 438 g/mol. The number of ether oxygens (including phenoxy) is 1. The standard InChI is InChI=1S/C25H22N6O2/c1-15-4-3-5-18(12-15)29-25(32)28-17-8-6-16(7-9-17)27-24-23-21(14-26-31-23)20-11-10-19(33-2)13-22(20)30-24/h3-14H,1-2H3,(H,26,31)(H,27,30)(H2,28,29,32). The zero-order valence-electron chi connectivity index (χ0n) is 18.1. The van der Waals surface area contributed by atoms with Crippen molar-refractivity contribution in [3.63, 3.8) is 0 Å². The first-order chi connectivity index (χ1) is 16.1. The molecule has 0 fully saturated rings. The van der Waals surface area contributed by atoms with E-state index in [1.807, 2.05) is 73.7 Å². The monoisotopic (exact) mass is 438 g/mol. The summed E-state index contributed by atoms with van der Waals surface area (Å²) in [5.74, 6) is 1.39. The quantitative estimate of drug-likeness (QED) is 0.277. The maximum Gasteiger partial charge on any atom is 0.323 e. The van der Waals surface area contributed by atoms with Crippen molar-refractivity contribution in [1.82, 2.24) is 15.2 Å². The summed E-state index contributed by atoms with van der Waals surface area (Å²) in [6.07, 6.45) is 1.79. The molecule has 164 valence electrons. The van der Waals surface area contributed by atoms with E-state index in [1.165, 1.54) is 0 Å². The van der Waals surface area contributed by atoms with Crippen molar-refractivity contribution in [2.24, 2.45) is 0 Å². The number of nitrogens with zero attached hydrogens (tertiary/aromatic N) is 2. The van der Waals surface area contributed by atoms with Crippen LogP contribution in [0.1, 0.15) is 5.56 Å². The molecule has 0 aliphatic heterocycles. The SMILES string of the molecule is COc1ccc2c(c1)nc(Nc1ccc(NC(=O)Nc3cccc(C)c3)cc1)c1[nH]ncc12. The van der Waals surface area contributed by atoms with Gasteiger partial charge in [0.25, 0.3) is 0 Å². The molecular formula is C25H22N6O2. The maximum absolute atomic E-state index is 12.3. The number of hydrogen-bond donors (Lipinski definition) is 4. The van der Waals surface area contributed by atoms with E-state index in [9.17, 15) is 4.79 Å². The van der Waals surface area contributed by atoms with Crippen molar-refractivity contribution in [1.29, 1.82) is 0 Å². The summed E-state index contributed by atoms with van der Waals surface area (Å²) in [4.78, 5) is 17.1. The number of methoxy groups -OCH3 is 1. The summed E-state index contributed by atoms with van der Waals surface area (Å²) in [5.41, 5.74) is 4.94. The molecule has 0 saturated carbocycles. The zero-order chi connectivity index (χ0) is 22.8. The average Bonchev–Trinajstić information content (AvgIpc) is 3.30. The van der Waals surface area contributed by atoms with Gasteiger partial charge in [-0.3, -0.25) is 5.10 Å². The first-order valence-electron chi connectivity index (χ1n) is 10.4. The third-order valence-corrected chi connectivity index (χ3v) is 5.28. The van der Waals surface area contributed by atoms with Crippen LogP contribution in [-0.4, -0.2) is 28.3 Å². The largest absolute Gasteiger partial charge is 0.497 e. The van der Waals surface area contributed by atoms with Crippen LogP contribution in [0.2, 0.25) is 0 Å². The van der Waals surface area contributed by atoms with Gasteiger partial charge < -0.3 is 20.7 Å². The predicted octanol–water partition coefficient (Wildman–Crippen LogP) is 5.82. The molecule has 2 amide bonds. The Morgan fingerprint density at radius 2 is 1.70 bits per heavy atom. The Kier molecular flexibility index (Phi) is 5.24. The molecule has 5 aromatic rings. The third-order valence-electron chi connectivity index (χ3n) is 5.28. The highest BCUT2D eigenvalue weighted by Crippen LogP contribution is 2.31. The summed E-state index contributed by atoms with van der Waals surface area (Å²) in [7, 11) is 1.63. The van der Waals surface area contributed by atoms with E-state index in [0.717, 1.165) is 44.5 Å². The fourth-order valence-electron chi connectivity index (χ4n) is 3.69. The zero-order valence-corrected chi connectivity index (χ0v) is 18.1. The van der Waals surface area contributed by atoms with Gasteiger partial charge in [0.05, 0.1) is 18.8 Å². The number of H-pyrrole nitrogens is 1. The van der Waals surface area contributed by atoms with Crippen molar-refractivity contribution in [3.8, 4) is 5.75 Å². The van der Waals surface area contributed by atoms with Gasteiger partial charge in [0.2, 0.25) is 0 Å². The van der Waals surface area contributed by atoms with Crippen LogP contribution in [0, 0.1) is 6.92 Å². The first kappa shape index (κ1) is 20.3. The molecule has 0 bridgehead atoms. The van der Waals surface area contributed by atoms with Crippen LogP contribution >= 0.6 is 0 Å². The van der Waals surface area contributed by atoms with Crippen molar-refractivity contribution in [2.45, 2.75) is 6.92 Å². The van der Waals surface area contributed by atoms with E-state index in [2.05, 4.69) is 26.1 Å². The molecule has 0 unspecified atom stereocenters. The normalized spacial score (nSPS) is 10.8. The van der Waals surface area contributed by atoms with Gasteiger partial charge in [-0.15, -0.1) is 0 Å². The number of nitrogens with one attached hydrogen (secondary N) is 4. The Morgan fingerprint density at radius 1 is 0.909 bits per heavy atom. The van der Waals surface area contributed by atoms with Crippen LogP contribution in [-0.2, 0) is 0 Å². The van der Waals surface area contributed by atoms with E-state index in [4.69, 9.17) is 9.72 Å². The number of amides is 2. The number of aryl methyl sites for hydroxylation is 1.